The highest BCUT2D eigenvalue weighted by Crippen LogP contribution is 2.28. The van der Waals surface area contributed by atoms with Crippen molar-refractivity contribution in [1.29, 1.82) is 0 Å². The van der Waals surface area contributed by atoms with Gasteiger partial charge in [-0.15, -0.1) is 11.3 Å². The molecule has 0 unspecified atom stereocenters. The van der Waals surface area contributed by atoms with Crippen LogP contribution in [0, 0.1) is 6.92 Å². The van der Waals surface area contributed by atoms with E-state index in [1.807, 2.05) is 13.0 Å². The molecule has 2 rings (SSSR count). The Morgan fingerprint density at radius 2 is 2.05 bits per heavy atom. The predicted octanol–water partition coefficient (Wildman–Crippen LogP) is 3.25. The van der Waals surface area contributed by atoms with Crippen LogP contribution in [0.1, 0.15) is 10.4 Å². The molecule has 20 heavy (non-hydrogen) atoms. The monoisotopic (exact) mass is 390 g/mol. The summed E-state index contributed by atoms with van der Waals surface area (Å²) in [5.74, 6) is 0. The zero-order valence-electron chi connectivity index (χ0n) is 10.4. The van der Waals surface area contributed by atoms with Crippen LogP contribution in [0.3, 0.4) is 0 Å². The Hall–Kier alpha value is -0.960. The van der Waals surface area contributed by atoms with Crippen LogP contribution in [0.4, 0.5) is 5.69 Å². The third-order valence-electron chi connectivity index (χ3n) is 2.60. The van der Waals surface area contributed by atoms with E-state index < -0.39 is 10.0 Å². The summed E-state index contributed by atoms with van der Waals surface area (Å²) in [5, 5.41) is 0. The second-order valence-electron chi connectivity index (χ2n) is 4.00. The molecule has 0 aliphatic carbocycles. The lowest BCUT2D eigenvalue weighted by atomic mass is 10.2. The van der Waals surface area contributed by atoms with Gasteiger partial charge in [-0.25, -0.2) is 8.42 Å². The Kier molecular flexibility index (Phi) is 4.48. The largest absolute Gasteiger partial charge is 0.389 e. The molecule has 0 amide bonds. The van der Waals surface area contributed by atoms with E-state index in [1.54, 1.807) is 18.2 Å². The number of hydrogen-bond acceptors (Lipinski definition) is 4. The maximum atomic E-state index is 12.3. The number of hydrogen-bond donors (Lipinski definition) is 2. The van der Waals surface area contributed by atoms with Gasteiger partial charge in [-0.05, 0) is 36.8 Å². The van der Waals surface area contributed by atoms with E-state index in [0.717, 1.165) is 21.4 Å². The lowest BCUT2D eigenvalue weighted by molar-refractivity contribution is 0.603. The number of nitrogens with two attached hydrogens (primary N) is 1. The first kappa shape index (κ1) is 15.4. The van der Waals surface area contributed by atoms with Crippen molar-refractivity contribution in [1.82, 2.24) is 0 Å². The van der Waals surface area contributed by atoms with Gasteiger partial charge in [0, 0.05) is 4.47 Å². The Morgan fingerprint density at radius 3 is 2.65 bits per heavy atom. The quantitative estimate of drug-likeness (QED) is 0.785. The number of anilines is 1. The summed E-state index contributed by atoms with van der Waals surface area (Å²) < 4.78 is 28.2. The van der Waals surface area contributed by atoms with Crippen molar-refractivity contribution < 1.29 is 8.42 Å². The zero-order valence-corrected chi connectivity index (χ0v) is 14.4. The van der Waals surface area contributed by atoms with Crippen LogP contribution < -0.4 is 10.5 Å². The molecule has 1 heterocycles. The van der Waals surface area contributed by atoms with Gasteiger partial charge in [0.15, 0.2) is 0 Å². The van der Waals surface area contributed by atoms with Crippen LogP contribution in [0.15, 0.2) is 39.0 Å². The van der Waals surface area contributed by atoms with E-state index in [9.17, 15) is 8.42 Å². The van der Waals surface area contributed by atoms with Gasteiger partial charge in [-0.1, -0.05) is 34.2 Å². The first-order valence-corrected chi connectivity index (χ1v) is 8.99. The highest BCUT2D eigenvalue weighted by atomic mass is 79.9. The summed E-state index contributed by atoms with van der Waals surface area (Å²) in [7, 11) is -3.63. The van der Waals surface area contributed by atoms with Crippen molar-refractivity contribution in [2.75, 3.05) is 4.72 Å². The molecule has 2 aromatic rings. The fourth-order valence-corrected chi connectivity index (χ4v) is 4.35. The second kappa shape index (κ2) is 5.80. The van der Waals surface area contributed by atoms with Crippen molar-refractivity contribution in [3.63, 3.8) is 0 Å². The average Bonchev–Trinajstić information content (AvgIpc) is 2.85. The summed E-state index contributed by atoms with van der Waals surface area (Å²) in [6.45, 7) is 1.83. The van der Waals surface area contributed by atoms with Crippen molar-refractivity contribution in [3.8, 4) is 0 Å². The molecule has 106 valence electrons. The molecule has 8 heteroatoms. The third kappa shape index (κ3) is 3.20. The number of sulfonamides is 1. The van der Waals surface area contributed by atoms with Gasteiger partial charge in [0.05, 0.1) is 10.6 Å². The lowest BCUT2D eigenvalue weighted by Gasteiger charge is -2.10. The molecular weight excluding hydrogens is 380 g/mol. The third-order valence-corrected chi connectivity index (χ3v) is 6.79. The second-order valence-corrected chi connectivity index (χ2v) is 8.29. The van der Waals surface area contributed by atoms with Gasteiger partial charge in [-0.3, -0.25) is 4.72 Å². The molecule has 0 aliphatic rings. The molecule has 0 spiro atoms. The van der Waals surface area contributed by atoms with E-state index in [-0.39, 0.29) is 9.20 Å². The molecule has 0 saturated carbocycles. The van der Waals surface area contributed by atoms with Crippen LogP contribution in [0.2, 0.25) is 0 Å². The fraction of sp³-hybridized carbons (Fsp3) is 0.0833. The van der Waals surface area contributed by atoms with E-state index >= 15 is 0 Å². The number of thiocarbonyl (C=S) groups is 1. The molecule has 0 bridgehead atoms. The van der Waals surface area contributed by atoms with Crippen molar-refractivity contribution in [3.05, 3.63) is 45.2 Å². The van der Waals surface area contributed by atoms with Gasteiger partial charge in [0.1, 0.15) is 9.20 Å². The van der Waals surface area contributed by atoms with Crippen LogP contribution in [0.25, 0.3) is 0 Å². The topological polar surface area (TPSA) is 72.2 Å². The van der Waals surface area contributed by atoms with Crippen LogP contribution in [-0.2, 0) is 10.0 Å². The van der Waals surface area contributed by atoms with Gasteiger partial charge >= 0.3 is 0 Å². The highest BCUT2D eigenvalue weighted by Gasteiger charge is 2.18. The standard InChI is InChI=1S/C12H11BrN2O2S3/c1-7-8(13)3-2-4-9(7)15-20(16,17)11-6-5-10(19-11)12(14)18/h2-6,15H,1H3,(H2,14,18). The average molecular weight is 391 g/mol. The van der Waals surface area contributed by atoms with Gasteiger partial charge < -0.3 is 5.73 Å². The minimum atomic E-state index is -3.63. The van der Waals surface area contributed by atoms with Gasteiger partial charge in [0.25, 0.3) is 10.0 Å². The normalized spacial score (nSPS) is 11.3. The number of nitrogens with one attached hydrogen (secondary N) is 1. The first-order valence-electron chi connectivity index (χ1n) is 5.49. The van der Waals surface area contributed by atoms with Crippen molar-refractivity contribution in [2.24, 2.45) is 5.73 Å². The molecule has 0 atom stereocenters. The molecular formula is C12H11BrN2O2S3. The Labute approximate surface area is 135 Å². The number of rotatable bonds is 4. The van der Waals surface area contributed by atoms with Crippen LogP contribution >= 0.6 is 39.5 Å². The summed E-state index contributed by atoms with van der Waals surface area (Å²) >= 11 is 9.25. The molecule has 4 nitrogen and oxygen atoms in total. The van der Waals surface area contributed by atoms with Gasteiger partial charge in [0.2, 0.25) is 0 Å². The molecule has 0 radical (unpaired) electrons. The Bertz CT molecular complexity index is 769. The van der Waals surface area contributed by atoms with Crippen molar-refractivity contribution in [2.45, 2.75) is 11.1 Å². The summed E-state index contributed by atoms with van der Waals surface area (Å²) in [6, 6.07) is 8.43. The molecule has 0 fully saturated rings. The van der Waals surface area contributed by atoms with Gasteiger partial charge in [-0.2, -0.15) is 0 Å². The molecule has 0 aliphatic heterocycles. The summed E-state index contributed by atoms with van der Waals surface area (Å²) in [6.07, 6.45) is 0. The Balaban J connectivity index is 2.35. The van der Waals surface area contributed by atoms with Crippen molar-refractivity contribution >= 4 is 60.2 Å². The summed E-state index contributed by atoms with van der Waals surface area (Å²) in [5.41, 5.74) is 6.84. The van der Waals surface area contributed by atoms with E-state index in [4.69, 9.17) is 18.0 Å². The zero-order chi connectivity index (χ0) is 14.9. The molecule has 1 aromatic heterocycles. The minimum absolute atomic E-state index is 0.180. The SMILES string of the molecule is Cc1c(Br)cccc1NS(=O)(=O)c1ccc(C(N)=S)s1. The van der Waals surface area contributed by atoms with E-state index in [0.29, 0.717) is 10.6 Å². The van der Waals surface area contributed by atoms with E-state index in [1.165, 1.54) is 6.07 Å². The lowest BCUT2D eigenvalue weighted by Crippen LogP contribution is -2.12. The maximum Gasteiger partial charge on any atom is 0.271 e. The van der Waals surface area contributed by atoms with Crippen LogP contribution in [-0.4, -0.2) is 13.4 Å². The minimum Gasteiger partial charge on any atom is -0.389 e. The van der Waals surface area contributed by atoms with Crippen LogP contribution in [0.5, 0.6) is 0 Å². The highest BCUT2D eigenvalue weighted by molar-refractivity contribution is 9.10. The molecule has 3 N–H and O–H groups in total. The summed E-state index contributed by atoms with van der Waals surface area (Å²) in [4.78, 5) is 0.765. The smallest absolute Gasteiger partial charge is 0.271 e. The predicted molar refractivity (Wildman–Crippen MR) is 89.9 cm³/mol. The number of thiophene rings is 1. The molecule has 0 saturated heterocycles. The Morgan fingerprint density at radius 1 is 1.35 bits per heavy atom. The number of benzene rings is 1. The molecule has 1 aromatic carbocycles. The first-order chi connectivity index (χ1) is 9.31. The van der Waals surface area contributed by atoms with E-state index in [2.05, 4.69) is 20.7 Å². The number of halogens is 1. The fourth-order valence-electron chi connectivity index (χ4n) is 1.51. The maximum absolute atomic E-state index is 12.3.